The van der Waals surface area contributed by atoms with E-state index < -0.39 is 31.4 Å². The molecule has 3 aromatic rings. The molecule has 0 spiro atoms. The smallest absolute Gasteiger partial charge is 0.225 e. The molecule has 9 heteroatoms. The van der Waals surface area contributed by atoms with Gasteiger partial charge in [-0.2, -0.15) is 13.2 Å². The summed E-state index contributed by atoms with van der Waals surface area (Å²) in [7, 11) is -4.44. The van der Waals surface area contributed by atoms with Gasteiger partial charge in [0, 0.05) is 5.56 Å². The van der Waals surface area contributed by atoms with Crippen LogP contribution in [-0.4, -0.2) is 13.4 Å². The van der Waals surface area contributed by atoms with E-state index in [9.17, 15) is 26.0 Å². The van der Waals surface area contributed by atoms with Crippen molar-refractivity contribution in [3.8, 4) is 0 Å². The van der Waals surface area contributed by atoms with E-state index in [2.05, 4.69) is 4.98 Å². The molecule has 0 radical (unpaired) electrons. The van der Waals surface area contributed by atoms with Crippen LogP contribution in [0.1, 0.15) is 16.6 Å². The number of hydrogen-bond donors (Lipinski definition) is 0. The van der Waals surface area contributed by atoms with Gasteiger partial charge in [0.25, 0.3) is 0 Å². The van der Waals surface area contributed by atoms with Crippen LogP contribution >= 0.6 is 11.3 Å². The second kappa shape index (κ2) is 5.82. The van der Waals surface area contributed by atoms with Gasteiger partial charge in [0.05, 0.1) is 15.8 Å². The van der Waals surface area contributed by atoms with Gasteiger partial charge in [-0.05, 0) is 24.3 Å². The Morgan fingerprint density at radius 1 is 1.00 bits per heavy atom. The van der Waals surface area contributed by atoms with Gasteiger partial charge in [0.2, 0.25) is 19.7 Å². The Kier molecular flexibility index (Phi) is 4.08. The van der Waals surface area contributed by atoms with Gasteiger partial charge >= 0.3 is 6.18 Å². The molecular formula is C15H9F4NO2S2. The number of rotatable bonds is 3. The summed E-state index contributed by atoms with van der Waals surface area (Å²) in [5, 5.41) is 0. The third kappa shape index (κ3) is 3.01. The van der Waals surface area contributed by atoms with E-state index in [0.29, 0.717) is 22.3 Å². The molecule has 0 N–H and O–H groups in total. The highest BCUT2D eigenvalue weighted by Gasteiger charge is 2.34. The van der Waals surface area contributed by atoms with Crippen LogP contribution in [0.4, 0.5) is 17.6 Å². The van der Waals surface area contributed by atoms with E-state index in [1.54, 1.807) is 24.3 Å². The Hall–Kier alpha value is -2.00. The second-order valence-corrected chi connectivity index (χ2v) is 8.11. The number of sulfone groups is 1. The molecule has 0 aliphatic heterocycles. The number of para-hydroxylation sites is 1. The van der Waals surface area contributed by atoms with Gasteiger partial charge < -0.3 is 0 Å². The SMILES string of the molecule is O=S(=O)(c1nc2ccccc2s1)C(F)c1ccc(C(F)(F)F)cc1. The van der Waals surface area contributed by atoms with Gasteiger partial charge in [0.1, 0.15) is 0 Å². The summed E-state index contributed by atoms with van der Waals surface area (Å²) in [5.74, 6) is 0. The lowest BCUT2D eigenvalue weighted by Gasteiger charge is -2.10. The quantitative estimate of drug-likeness (QED) is 0.620. The fourth-order valence-corrected chi connectivity index (χ4v) is 4.67. The molecule has 2 aromatic carbocycles. The number of benzene rings is 2. The fraction of sp³-hybridized carbons (Fsp3) is 0.133. The minimum absolute atomic E-state index is 0.373. The molecule has 1 heterocycles. The lowest BCUT2D eigenvalue weighted by Crippen LogP contribution is -2.10. The number of aromatic nitrogens is 1. The zero-order valence-electron chi connectivity index (χ0n) is 11.8. The first kappa shape index (κ1) is 16.8. The monoisotopic (exact) mass is 375 g/mol. The highest BCUT2D eigenvalue weighted by Crippen LogP contribution is 2.36. The number of halogens is 4. The van der Waals surface area contributed by atoms with Crippen LogP contribution in [0, 0.1) is 0 Å². The summed E-state index contributed by atoms with van der Waals surface area (Å²) in [6.45, 7) is 0. The van der Waals surface area contributed by atoms with E-state index in [1.165, 1.54) is 0 Å². The number of hydrogen-bond acceptors (Lipinski definition) is 4. The minimum Gasteiger partial charge on any atom is -0.225 e. The van der Waals surface area contributed by atoms with Crippen molar-refractivity contribution in [2.45, 2.75) is 16.0 Å². The van der Waals surface area contributed by atoms with Crippen molar-refractivity contribution in [1.29, 1.82) is 0 Å². The summed E-state index contributed by atoms with van der Waals surface area (Å²) >= 11 is 0.816. The lowest BCUT2D eigenvalue weighted by molar-refractivity contribution is -0.137. The molecule has 0 aliphatic carbocycles. The van der Waals surface area contributed by atoms with Gasteiger partial charge in [0.15, 0.2) is 0 Å². The zero-order valence-corrected chi connectivity index (χ0v) is 13.4. The minimum atomic E-state index is -4.57. The molecule has 24 heavy (non-hydrogen) atoms. The van der Waals surface area contributed by atoms with E-state index >= 15 is 0 Å². The third-order valence-electron chi connectivity index (χ3n) is 3.29. The van der Waals surface area contributed by atoms with Crippen LogP contribution in [0.15, 0.2) is 52.9 Å². The van der Waals surface area contributed by atoms with Crippen molar-refractivity contribution in [1.82, 2.24) is 4.98 Å². The molecule has 0 amide bonds. The van der Waals surface area contributed by atoms with Crippen LogP contribution in [0.3, 0.4) is 0 Å². The summed E-state index contributed by atoms with van der Waals surface area (Å²) in [4.78, 5) is 3.90. The molecule has 3 nitrogen and oxygen atoms in total. The Bertz CT molecular complexity index is 946. The maximum atomic E-state index is 14.5. The molecule has 1 unspecified atom stereocenters. The predicted molar refractivity (Wildman–Crippen MR) is 82.1 cm³/mol. The Balaban J connectivity index is 1.97. The van der Waals surface area contributed by atoms with E-state index in [0.717, 1.165) is 23.5 Å². The summed E-state index contributed by atoms with van der Waals surface area (Å²) in [5.41, 5.74) is -3.42. The van der Waals surface area contributed by atoms with E-state index in [4.69, 9.17) is 0 Å². The first-order chi connectivity index (χ1) is 11.2. The van der Waals surface area contributed by atoms with Crippen molar-refractivity contribution >= 4 is 31.4 Å². The summed E-state index contributed by atoms with van der Waals surface area (Å²) in [6.07, 6.45) is -4.57. The van der Waals surface area contributed by atoms with E-state index in [1.807, 2.05) is 0 Å². The molecule has 1 aromatic heterocycles. The highest BCUT2D eigenvalue weighted by molar-refractivity contribution is 7.93. The van der Waals surface area contributed by atoms with Crippen molar-refractivity contribution in [2.24, 2.45) is 0 Å². The topological polar surface area (TPSA) is 47.0 Å². The summed E-state index contributed by atoms with van der Waals surface area (Å²) in [6, 6.07) is 9.54. The molecule has 0 aliphatic rings. The average molecular weight is 375 g/mol. The van der Waals surface area contributed by atoms with Crippen LogP contribution in [-0.2, 0) is 16.0 Å². The average Bonchev–Trinajstić information content (AvgIpc) is 2.98. The molecule has 3 rings (SSSR count). The first-order valence-corrected chi connectivity index (χ1v) is 8.96. The predicted octanol–water partition coefficient (Wildman–Crippen LogP) is 4.76. The molecule has 0 saturated heterocycles. The van der Waals surface area contributed by atoms with Gasteiger partial charge in [-0.15, -0.1) is 11.3 Å². The van der Waals surface area contributed by atoms with Crippen LogP contribution in [0.5, 0.6) is 0 Å². The molecule has 0 saturated carbocycles. The second-order valence-electron chi connectivity index (χ2n) is 4.93. The number of thiazole rings is 1. The first-order valence-electron chi connectivity index (χ1n) is 6.60. The van der Waals surface area contributed by atoms with Crippen molar-refractivity contribution < 1.29 is 26.0 Å². The van der Waals surface area contributed by atoms with Crippen molar-refractivity contribution in [3.05, 3.63) is 59.7 Å². The van der Waals surface area contributed by atoms with Crippen LogP contribution in [0.2, 0.25) is 0 Å². The maximum Gasteiger partial charge on any atom is 0.416 e. The number of fused-ring (bicyclic) bond motifs is 1. The van der Waals surface area contributed by atoms with Gasteiger partial charge in [-0.25, -0.2) is 17.8 Å². The van der Waals surface area contributed by atoms with Gasteiger partial charge in [-0.3, -0.25) is 0 Å². The third-order valence-corrected chi connectivity index (χ3v) is 6.46. The normalized spacial score (nSPS) is 14.0. The van der Waals surface area contributed by atoms with Crippen LogP contribution in [0.25, 0.3) is 10.2 Å². The van der Waals surface area contributed by atoms with Crippen molar-refractivity contribution in [2.75, 3.05) is 0 Å². The Labute approximate surface area is 138 Å². The van der Waals surface area contributed by atoms with Gasteiger partial charge in [-0.1, -0.05) is 24.3 Å². The molecule has 0 bridgehead atoms. The lowest BCUT2D eigenvalue weighted by atomic mass is 10.1. The summed E-state index contributed by atoms with van der Waals surface area (Å²) < 4.78 is 76.8. The van der Waals surface area contributed by atoms with Crippen molar-refractivity contribution in [3.63, 3.8) is 0 Å². The fourth-order valence-electron chi connectivity index (χ4n) is 2.06. The maximum absolute atomic E-state index is 14.5. The zero-order chi connectivity index (χ0) is 17.5. The standard InChI is InChI=1S/C15H9F4NO2S2/c16-13(9-5-7-10(8-6-9)15(17,18)19)24(21,22)14-20-11-3-1-2-4-12(11)23-14/h1-8,13H. The largest absolute Gasteiger partial charge is 0.416 e. The molecule has 1 atom stereocenters. The Morgan fingerprint density at radius 2 is 1.62 bits per heavy atom. The van der Waals surface area contributed by atoms with E-state index in [-0.39, 0.29) is 5.56 Å². The highest BCUT2D eigenvalue weighted by atomic mass is 32.2. The molecule has 126 valence electrons. The van der Waals surface area contributed by atoms with Crippen LogP contribution < -0.4 is 0 Å². The number of alkyl halides is 4. The Morgan fingerprint density at radius 3 is 2.21 bits per heavy atom. The number of nitrogens with zero attached hydrogens (tertiary/aromatic N) is 1. The molecule has 0 fully saturated rings. The molecular weight excluding hydrogens is 366 g/mol.